The van der Waals surface area contributed by atoms with Crippen molar-refractivity contribution < 1.29 is 9.59 Å². The fourth-order valence-corrected chi connectivity index (χ4v) is 6.56. The summed E-state index contributed by atoms with van der Waals surface area (Å²) in [5, 5.41) is 4.20. The number of likely N-dealkylation sites (N-methyl/N-ethyl adjacent to an activating group) is 1. The van der Waals surface area contributed by atoms with Crippen LogP contribution in [-0.2, 0) is 4.79 Å². The molecule has 218 valence electrons. The van der Waals surface area contributed by atoms with Gasteiger partial charge < -0.3 is 20.0 Å². The van der Waals surface area contributed by atoms with E-state index in [1.54, 1.807) is 42.2 Å². The van der Waals surface area contributed by atoms with Crippen molar-refractivity contribution in [2.45, 2.75) is 32.4 Å². The van der Waals surface area contributed by atoms with Crippen LogP contribution in [0.5, 0.6) is 0 Å². The van der Waals surface area contributed by atoms with Gasteiger partial charge in [0.25, 0.3) is 5.91 Å². The average molecular weight is 586 g/mol. The van der Waals surface area contributed by atoms with E-state index in [0.717, 1.165) is 65.0 Å². The molecule has 4 aromatic rings. The van der Waals surface area contributed by atoms with Crippen LogP contribution >= 0.6 is 11.3 Å². The van der Waals surface area contributed by atoms with E-state index in [0.29, 0.717) is 29.3 Å². The minimum atomic E-state index is -0.0396. The monoisotopic (exact) mass is 585 g/mol. The van der Waals surface area contributed by atoms with Crippen LogP contribution in [0.15, 0.2) is 42.6 Å². The van der Waals surface area contributed by atoms with Gasteiger partial charge in [0.05, 0.1) is 10.2 Å². The summed E-state index contributed by atoms with van der Waals surface area (Å²) in [7, 11) is 5.35. The fourth-order valence-electron chi connectivity index (χ4n) is 5.65. The number of amides is 2. The third kappa shape index (κ3) is 5.64. The third-order valence-electron chi connectivity index (χ3n) is 8.01. The molecule has 2 atom stereocenters. The number of carbonyl (C=O) groups excluding carboxylic acids is 2. The highest BCUT2D eigenvalue weighted by molar-refractivity contribution is 7.21. The summed E-state index contributed by atoms with van der Waals surface area (Å²) in [5.74, 6) is 2.14. The van der Waals surface area contributed by atoms with E-state index in [2.05, 4.69) is 20.1 Å². The number of rotatable bonds is 8. The summed E-state index contributed by atoms with van der Waals surface area (Å²) < 4.78 is 0.964. The Morgan fingerprint density at radius 2 is 1.88 bits per heavy atom. The van der Waals surface area contributed by atoms with Gasteiger partial charge in [0, 0.05) is 101 Å². The number of nitrogens with one attached hydrogen (secondary N) is 1. The van der Waals surface area contributed by atoms with E-state index in [-0.39, 0.29) is 11.8 Å². The zero-order valence-corrected chi connectivity index (χ0v) is 25.4. The van der Waals surface area contributed by atoms with Gasteiger partial charge in [0.15, 0.2) is 0 Å². The van der Waals surface area contributed by atoms with Crippen LogP contribution in [0.4, 0.5) is 17.6 Å². The highest BCUT2D eigenvalue weighted by Crippen LogP contribution is 2.34. The van der Waals surface area contributed by atoms with Crippen molar-refractivity contribution in [2.24, 2.45) is 0 Å². The van der Waals surface area contributed by atoms with Crippen molar-refractivity contribution in [1.29, 1.82) is 0 Å². The number of thiazole rings is 1. The van der Waals surface area contributed by atoms with Gasteiger partial charge in [-0.25, -0.2) is 15.0 Å². The molecule has 2 amide bonds. The van der Waals surface area contributed by atoms with Crippen molar-refractivity contribution in [3.8, 4) is 10.6 Å². The lowest BCUT2D eigenvalue weighted by atomic mass is 10.1. The topological polar surface area (TPSA) is 111 Å². The van der Waals surface area contributed by atoms with Crippen LogP contribution < -0.4 is 10.2 Å². The van der Waals surface area contributed by atoms with E-state index in [4.69, 9.17) is 15.0 Å². The molecule has 2 aliphatic rings. The zero-order chi connectivity index (χ0) is 29.5. The molecular formula is C30H35N9O2S. The Morgan fingerprint density at radius 3 is 2.62 bits per heavy atom. The van der Waals surface area contributed by atoms with Gasteiger partial charge in [-0.05, 0) is 25.5 Å². The largest absolute Gasteiger partial charge is 0.345 e. The molecule has 11 nitrogen and oxygen atoms in total. The van der Waals surface area contributed by atoms with Crippen molar-refractivity contribution in [2.75, 3.05) is 57.5 Å². The Labute approximate surface area is 249 Å². The first-order valence-corrected chi connectivity index (χ1v) is 14.9. The normalized spacial score (nSPS) is 18.1. The van der Waals surface area contributed by atoms with Crippen molar-refractivity contribution in [3.63, 3.8) is 0 Å². The number of hydrogen-bond donors (Lipinski definition) is 1. The molecule has 42 heavy (non-hydrogen) atoms. The maximum atomic E-state index is 12.4. The highest BCUT2D eigenvalue weighted by atomic mass is 32.1. The highest BCUT2D eigenvalue weighted by Gasteiger charge is 2.44. The molecule has 1 aromatic carbocycles. The third-order valence-corrected chi connectivity index (χ3v) is 9.06. The number of likely N-dealkylation sites (tertiary alicyclic amines) is 1. The summed E-state index contributed by atoms with van der Waals surface area (Å²) in [6.45, 7) is 7.05. The van der Waals surface area contributed by atoms with Gasteiger partial charge >= 0.3 is 0 Å². The molecule has 6 rings (SSSR count). The maximum absolute atomic E-state index is 12.4. The summed E-state index contributed by atoms with van der Waals surface area (Å²) in [6.07, 6.45) is 2.90. The molecule has 2 saturated heterocycles. The van der Waals surface area contributed by atoms with Crippen molar-refractivity contribution in [3.05, 3.63) is 53.9 Å². The first-order chi connectivity index (χ1) is 20.1. The number of aromatic nitrogens is 4. The van der Waals surface area contributed by atoms with E-state index in [9.17, 15) is 9.59 Å². The van der Waals surface area contributed by atoms with Gasteiger partial charge in [0.2, 0.25) is 11.9 Å². The van der Waals surface area contributed by atoms with Gasteiger partial charge in [-0.15, -0.1) is 11.3 Å². The Bertz CT molecular complexity index is 1660. The molecule has 2 bridgehead atoms. The number of piperazine rings is 1. The molecule has 5 heterocycles. The number of hydrogen-bond acceptors (Lipinski definition) is 10. The lowest BCUT2D eigenvalue weighted by Gasteiger charge is -2.35. The van der Waals surface area contributed by atoms with Gasteiger partial charge in [-0.2, -0.15) is 4.98 Å². The molecular weight excluding hydrogens is 550 g/mol. The molecule has 0 saturated carbocycles. The predicted molar refractivity (Wildman–Crippen MR) is 165 cm³/mol. The summed E-state index contributed by atoms with van der Waals surface area (Å²) in [5.41, 5.74) is 3.25. The minimum Gasteiger partial charge on any atom is -0.345 e. The van der Waals surface area contributed by atoms with E-state index >= 15 is 0 Å². The first kappa shape index (κ1) is 28.0. The summed E-state index contributed by atoms with van der Waals surface area (Å²) in [6, 6.07) is 12.2. The van der Waals surface area contributed by atoms with Crippen LogP contribution in [0.1, 0.15) is 29.4 Å². The number of carbonyl (C=O) groups is 2. The first-order valence-electron chi connectivity index (χ1n) is 14.1. The minimum absolute atomic E-state index is 0.0396. The maximum Gasteiger partial charge on any atom is 0.253 e. The Balaban J connectivity index is 1.16. The number of anilines is 3. The second-order valence-electron chi connectivity index (χ2n) is 11.3. The smallest absolute Gasteiger partial charge is 0.253 e. The van der Waals surface area contributed by atoms with Crippen LogP contribution in [0.3, 0.4) is 0 Å². The van der Waals surface area contributed by atoms with Crippen molar-refractivity contribution in [1.82, 2.24) is 34.6 Å². The predicted octanol–water partition coefficient (Wildman–Crippen LogP) is 3.64. The molecule has 0 spiro atoms. The van der Waals surface area contributed by atoms with Gasteiger partial charge in [-0.3, -0.25) is 14.5 Å². The summed E-state index contributed by atoms with van der Waals surface area (Å²) in [4.78, 5) is 51.2. The molecule has 2 aliphatic heterocycles. The zero-order valence-electron chi connectivity index (χ0n) is 24.5. The molecule has 0 radical (unpaired) electrons. The molecule has 0 unspecified atom stereocenters. The second kappa shape index (κ2) is 11.3. The number of aryl methyl sites for hydroxylation is 1. The average Bonchev–Trinajstić information content (AvgIpc) is 3.69. The number of fused-ring (bicyclic) bond motifs is 3. The molecule has 0 aliphatic carbocycles. The second-order valence-corrected chi connectivity index (χ2v) is 12.3. The lowest BCUT2D eigenvalue weighted by molar-refractivity contribution is -0.127. The van der Waals surface area contributed by atoms with Crippen LogP contribution in [0.2, 0.25) is 0 Å². The van der Waals surface area contributed by atoms with Crippen molar-refractivity contribution >= 4 is 51.0 Å². The molecule has 1 N–H and O–H groups in total. The van der Waals surface area contributed by atoms with E-state index < -0.39 is 0 Å². The standard InChI is InChI=1S/C30H35N9O2S/c1-18-11-27(35-30(32-18)39-17-22-13-23(39)16-38(22)10-9-37(5)19(2)40)34-26-14-24-25(15-31-26)42-28(33-24)20-7-6-8-21(12-20)29(41)36(3)4/h6-8,11-12,14-15,22-23H,9-10,13,16-17H2,1-5H3,(H,31,32,34,35)/t22-,23-/m0/s1. The Hall–Kier alpha value is -4.16. The molecule has 12 heteroatoms. The van der Waals surface area contributed by atoms with E-state index in [1.165, 1.54) is 0 Å². The number of nitrogens with zero attached hydrogens (tertiary/aromatic N) is 8. The summed E-state index contributed by atoms with van der Waals surface area (Å²) >= 11 is 1.55. The van der Waals surface area contributed by atoms with Crippen LogP contribution in [0.25, 0.3) is 20.8 Å². The molecule has 2 fully saturated rings. The Kier molecular flexibility index (Phi) is 7.50. The Morgan fingerprint density at radius 1 is 1.05 bits per heavy atom. The lowest BCUT2D eigenvalue weighted by Crippen LogP contribution is -2.49. The fraction of sp³-hybridized carbons (Fsp3) is 0.400. The van der Waals surface area contributed by atoms with Crippen LogP contribution in [0, 0.1) is 6.92 Å². The molecule has 3 aromatic heterocycles. The number of benzene rings is 1. The van der Waals surface area contributed by atoms with Gasteiger partial charge in [0.1, 0.15) is 16.6 Å². The number of pyridine rings is 1. The quantitative estimate of drug-likeness (QED) is 0.331. The van der Waals surface area contributed by atoms with E-state index in [1.807, 2.05) is 56.6 Å². The SMILES string of the molecule is CC(=O)N(C)CCN1C[C@@H]2C[C@H]1CN2c1nc(C)cc(Nc2cc3nc(-c4cccc(C(=O)N(C)C)c4)sc3cn2)n1. The van der Waals surface area contributed by atoms with Crippen LogP contribution in [-0.4, -0.2) is 106 Å². The van der Waals surface area contributed by atoms with Gasteiger partial charge in [-0.1, -0.05) is 12.1 Å².